The third-order valence-corrected chi connectivity index (χ3v) is 2.94. The van der Waals surface area contributed by atoms with Crippen molar-refractivity contribution in [2.45, 2.75) is 26.0 Å². The van der Waals surface area contributed by atoms with Gasteiger partial charge in [0.05, 0.1) is 6.61 Å². The lowest BCUT2D eigenvalue weighted by molar-refractivity contribution is -0.0547. The largest absolute Gasteiger partial charge is 0.523 e. The van der Waals surface area contributed by atoms with Crippen molar-refractivity contribution in [2.75, 3.05) is 0 Å². The van der Waals surface area contributed by atoms with Gasteiger partial charge in [0.2, 0.25) is 0 Å². The zero-order valence-corrected chi connectivity index (χ0v) is 10.0. The summed E-state index contributed by atoms with van der Waals surface area (Å²) in [5.74, 6) is 0. The second kappa shape index (κ2) is 4.66. The van der Waals surface area contributed by atoms with Gasteiger partial charge in [0.15, 0.2) is 0 Å². The smallest absolute Gasteiger partial charge is 0.258 e. The quantitative estimate of drug-likeness (QED) is 0.625. The van der Waals surface area contributed by atoms with E-state index in [1.54, 1.807) is 26.0 Å². The maximum Gasteiger partial charge on any atom is 0.523 e. The van der Waals surface area contributed by atoms with Crippen molar-refractivity contribution in [3.05, 3.63) is 34.9 Å². The predicted molar refractivity (Wildman–Crippen MR) is 55.7 cm³/mol. The molecule has 0 saturated heterocycles. The highest BCUT2D eigenvalue weighted by atomic mass is 32.2. The summed E-state index contributed by atoms with van der Waals surface area (Å²) in [7, 11) is -5.52. The lowest BCUT2D eigenvalue weighted by Crippen LogP contribution is -2.25. The molecule has 0 aliphatic rings. The van der Waals surface area contributed by atoms with Crippen LogP contribution in [0.2, 0.25) is 0 Å². The molecule has 7 heteroatoms. The lowest BCUT2D eigenvalue weighted by atomic mass is 10.1. The summed E-state index contributed by atoms with van der Waals surface area (Å²) < 4.78 is 61.2. The van der Waals surface area contributed by atoms with Crippen LogP contribution in [0.15, 0.2) is 18.2 Å². The van der Waals surface area contributed by atoms with Gasteiger partial charge in [-0.25, -0.2) is 0 Å². The van der Waals surface area contributed by atoms with Crippen LogP contribution >= 0.6 is 0 Å². The van der Waals surface area contributed by atoms with Gasteiger partial charge in [-0.15, -0.1) is 0 Å². The molecule has 0 N–H and O–H groups in total. The summed E-state index contributed by atoms with van der Waals surface area (Å²) in [4.78, 5) is 0. The summed E-state index contributed by atoms with van der Waals surface area (Å²) in [6, 6.07) is 4.96. The van der Waals surface area contributed by atoms with Crippen LogP contribution < -0.4 is 0 Å². The molecule has 0 aromatic heterocycles. The van der Waals surface area contributed by atoms with Crippen LogP contribution in [0.5, 0.6) is 0 Å². The normalized spacial score (nSPS) is 12.8. The number of alkyl halides is 3. The topological polar surface area (TPSA) is 43.4 Å². The second-order valence-electron chi connectivity index (χ2n) is 3.66. The summed E-state index contributed by atoms with van der Waals surface area (Å²) in [5, 5.41) is 0. The first-order valence-electron chi connectivity index (χ1n) is 4.65. The predicted octanol–water partition coefficient (Wildman–Crippen LogP) is 2.67. The van der Waals surface area contributed by atoms with Crippen LogP contribution in [0.3, 0.4) is 0 Å². The van der Waals surface area contributed by atoms with Crippen LogP contribution in [0.25, 0.3) is 0 Å². The van der Waals surface area contributed by atoms with Gasteiger partial charge in [-0.05, 0) is 19.4 Å². The molecule has 1 aromatic carbocycles. The minimum Gasteiger partial charge on any atom is -0.258 e. The molecule has 17 heavy (non-hydrogen) atoms. The highest BCUT2D eigenvalue weighted by molar-refractivity contribution is 7.87. The molecule has 0 unspecified atom stereocenters. The summed E-state index contributed by atoms with van der Waals surface area (Å²) in [6.07, 6.45) is 0. The van der Waals surface area contributed by atoms with E-state index in [2.05, 4.69) is 4.18 Å². The average molecular weight is 268 g/mol. The highest BCUT2D eigenvalue weighted by Gasteiger charge is 2.47. The van der Waals surface area contributed by atoms with Crippen molar-refractivity contribution in [1.29, 1.82) is 0 Å². The van der Waals surface area contributed by atoms with Crippen LogP contribution in [-0.4, -0.2) is 13.9 Å². The van der Waals surface area contributed by atoms with E-state index in [1.165, 1.54) is 0 Å². The Labute approximate surface area is 97.3 Å². The first-order chi connectivity index (χ1) is 7.62. The van der Waals surface area contributed by atoms with Gasteiger partial charge < -0.3 is 0 Å². The van der Waals surface area contributed by atoms with E-state index in [0.717, 1.165) is 11.1 Å². The molecule has 0 heterocycles. The molecule has 0 fully saturated rings. The Morgan fingerprint density at radius 3 is 2.00 bits per heavy atom. The second-order valence-corrected chi connectivity index (χ2v) is 5.26. The fraction of sp³-hybridized carbons (Fsp3) is 0.400. The fourth-order valence-electron chi connectivity index (χ4n) is 1.36. The van der Waals surface area contributed by atoms with Crippen LogP contribution in [0.1, 0.15) is 16.7 Å². The van der Waals surface area contributed by atoms with Gasteiger partial charge in [-0.3, -0.25) is 4.18 Å². The zero-order valence-electron chi connectivity index (χ0n) is 9.21. The first kappa shape index (κ1) is 14.0. The number of rotatable bonds is 3. The van der Waals surface area contributed by atoms with Crippen molar-refractivity contribution in [1.82, 2.24) is 0 Å². The summed E-state index contributed by atoms with van der Waals surface area (Å²) in [5.41, 5.74) is -3.34. The van der Waals surface area contributed by atoms with Crippen molar-refractivity contribution in [2.24, 2.45) is 0 Å². The molecule has 0 atom stereocenters. The van der Waals surface area contributed by atoms with Gasteiger partial charge >= 0.3 is 15.6 Å². The Morgan fingerprint density at radius 2 is 1.59 bits per heavy atom. The fourth-order valence-corrected chi connectivity index (χ4v) is 1.79. The monoisotopic (exact) mass is 268 g/mol. The molecular formula is C10H11F3O3S. The van der Waals surface area contributed by atoms with Crippen LogP contribution in [-0.2, 0) is 20.9 Å². The molecule has 0 saturated carbocycles. The minimum absolute atomic E-state index is 0.385. The summed E-state index contributed by atoms with van der Waals surface area (Å²) in [6.45, 7) is 2.90. The lowest BCUT2D eigenvalue weighted by Gasteiger charge is -2.09. The molecule has 0 aliphatic heterocycles. The van der Waals surface area contributed by atoms with Crippen molar-refractivity contribution in [3.8, 4) is 0 Å². The number of benzene rings is 1. The zero-order chi connectivity index (χ0) is 13.3. The molecule has 0 aliphatic carbocycles. The maximum atomic E-state index is 12.0. The molecule has 3 nitrogen and oxygen atoms in total. The number of aryl methyl sites for hydroxylation is 2. The van der Waals surface area contributed by atoms with Gasteiger partial charge in [0, 0.05) is 0 Å². The van der Waals surface area contributed by atoms with Crippen LogP contribution in [0, 0.1) is 13.8 Å². The van der Waals surface area contributed by atoms with Crippen LogP contribution in [0.4, 0.5) is 13.2 Å². The molecule has 1 rings (SSSR count). The third-order valence-electron chi connectivity index (χ3n) is 1.95. The van der Waals surface area contributed by atoms with Gasteiger partial charge in [-0.1, -0.05) is 29.3 Å². The highest BCUT2D eigenvalue weighted by Crippen LogP contribution is 2.25. The molecule has 96 valence electrons. The standard InChI is InChI=1S/C10H11F3O3S/c1-7-3-8(2)5-9(4-7)6-16-17(14,15)10(11,12)13/h3-5H,6H2,1-2H3. The van der Waals surface area contributed by atoms with Gasteiger partial charge in [-0.2, -0.15) is 21.6 Å². The van der Waals surface area contributed by atoms with E-state index < -0.39 is 22.2 Å². The van der Waals surface area contributed by atoms with E-state index in [9.17, 15) is 21.6 Å². The summed E-state index contributed by atoms with van der Waals surface area (Å²) >= 11 is 0. The maximum absolute atomic E-state index is 12.0. The minimum atomic E-state index is -5.52. The third kappa shape index (κ3) is 3.71. The Morgan fingerprint density at radius 1 is 1.12 bits per heavy atom. The molecular weight excluding hydrogens is 257 g/mol. The van der Waals surface area contributed by atoms with E-state index in [-0.39, 0.29) is 0 Å². The molecule has 0 amide bonds. The number of hydrogen-bond donors (Lipinski definition) is 0. The Kier molecular flexibility index (Phi) is 3.83. The van der Waals surface area contributed by atoms with Crippen molar-refractivity contribution < 1.29 is 25.8 Å². The van der Waals surface area contributed by atoms with E-state index in [4.69, 9.17) is 0 Å². The molecule has 0 bridgehead atoms. The Bertz CT molecular complexity index is 486. The van der Waals surface area contributed by atoms with E-state index in [0.29, 0.717) is 5.56 Å². The van der Waals surface area contributed by atoms with Gasteiger partial charge in [0.1, 0.15) is 0 Å². The average Bonchev–Trinajstić information content (AvgIpc) is 2.11. The van der Waals surface area contributed by atoms with Crippen molar-refractivity contribution in [3.63, 3.8) is 0 Å². The SMILES string of the molecule is Cc1cc(C)cc(COS(=O)(=O)C(F)(F)F)c1. The van der Waals surface area contributed by atoms with E-state index in [1.807, 2.05) is 6.07 Å². The van der Waals surface area contributed by atoms with Crippen molar-refractivity contribution >= 4 is 10.1 Å². The Hall–Kier alpha value is -1.08. The van der Waals surface area contributed by atoms with E-state index >= 15 is 0 Å². The Balaban J connectivity index is 2.81. The molecule has 1 aromatic rings. The van der Waals surface area contributed by atoms with Gasteiger partial charge in [0.25, 0.3) is 0 Å². The number of hydrogen-bond acceptors (Lipinski definition) is 3. The molecule has 0 radical (unpaired) electrons. The first-order valence-corrected chi connectivity index (χ1v) is 6.05. The molecule has 0 spiro atoms. The number of halogens is 3.